The van der Waals surface area contributed by atoms with Gasteiger partial charge in [-0.3, -0.25) is 14.5 Å². The van der Waals surface area contributed by atoms with Crippen LogP contribution in [0.4, 0.5) is 0 Å². The van der Waals surface area contributed by atoms with Crippen LogP contribution < -0.4 is 5.32 Å². The van der Waals surface area contributed by atoms with Gasteiger partial charge in [0, 0.05) is 6.54 Å². The first kappa shape index (κ1) is 14.5. The molecule has 1 N–H and O–H groups in total. The minimum atomic E-state index is -0.299. The van der Waals surface area contributed by atoms with E-state index >= 15 is 0 Å². The largest absolute Gasteiger partial charge is 0.465 e. The van der Waals surface area contributed by atoms with Crippen LogP contribution in [0.3, 0.4) is 0 Å². The molecule has 6 nitrogen and oxygen atoms in total. The summed E-state index contributed by atoms with van der Waals surface area (Å²) < 4.78 is 4.98. The Bertz CT molecular complexity index is 338. The molecule has 1 saturated heterocycles. The number of likely N-dealkylation sites (tertiary alicyclic amines) is 1. The molecule has 100 valence electrons. The van der Waals surface area contributed by atoms with Crippen molar-refractivity contribution in [2.24, 2.45) is 0 Å². The number of carbonyl (C=O) groups excluding carboxylic acids is 2. The van der Waals surface area contributed by atoms with E-state index in [0.717, 1.165) is 19.4 Å². The fraction of sp³-hybridized carbons (Fsp3) is 0.750. The minimum absolute atomic E-state index is 0.151. The summed E-state index contributed by atoms with van der Waals surface area (Å²) in [5, 5.41) is 11.0. The lowest BCUT2D eigenvalue weighted by atomic mass is 10.2. The van der Waals surface area contributed by atoms with Gasteiger partial charge in [0.2, 0.25) is 5.91 Å². The van der Waals surface area contributed by atoms with E-state index in [2.05, 4.69) is 5.32 Å². The van der Waals surface area contributed by atoms with Crippen molar-refractivity contribution < 1.29 is 14.3 Å². The van der Waals surface area contributed by atoms with Gasteiger partial charge in [-0.15, -0.1) is 0 Å². The number of rotatable bonds is 6. The molecular formula is C12H19N3O3. The summed E-state index contributed by atoms with van der Waals surface area (Å²) in [5.74, 6) is -0.402. The van der Waals surface area contributed by atoms with Gasteiger partial charge in [-0.2, -0.15) is 5.26 Å². The molecule has 0 aliphatic carbocycles. The number of hydrogen-bond donors (Lipinski definition) is 1. The molecule has 0 aromatic carbocycles. The first-order valence-electron chi connectivity index (χ1n) is 6.23. The molecule has 0 spiro atoms. The van der Waals surface area contributed by atoms with Gasteiger partial charge in [0.05, 0.1) is 25.6 Å². The number of nitrogens with one attached hydrogen (secondary N) is 1. The van der Waals surface area contributed by atoms with Gasteiger partial charge < -0.3 is 10.1 Å². The quantitative estimate of drug-likeness (QED) is 0.534. The summed E-state index contributed by atoms with van der Waals surface area (Å²) in [7, 11) is 0. The van der Waals surface area contributed by atoms with E-state index in [1.54, 1.807) is 6.92 Å². The third-order valence-electron chi connectivity index (χ3n) is 2.83. The van der Waals surface area contributed by atoms with E-state index in [9.17, 15) is 9.59 Å². The van der Waals surface area contributed by atoms with Gasteiger partial charge in [-0.1, -0.05) is 0 Å². The normalized spacial score (nSPS) is 19.2. The summed E-state index contributed by atoms with van der Waals surface area (Å²) in [6.45, 7) is 3.40. The Labute approximate surface area is 107 Å². The van der Waals surface area contributed by atoms with Gasteiger partial charge in [-0.05, 0) is 26.3 Å². The fourth-order valence-corrected chi connectivity index (χ4v) is 2.02. The van der Waals surface area contributed by atoms with Crippen LogP contribution in [0.5, 0.6) is 0 Å². The van der Waals surface area contributed by atoms with Crippen LogP contribution in [0.1, 0.15) is 26.2 Å². The van der Waals surface area contributed by atoms with E-state index in [-0.39, 0.29) is 24.5 Å². The first-order valence-corrected chi connectivity index (χ1v) is 6.23. The van der Waals surface area contributed by atoms with E-state index in [4.69, 9.17) is 10.00 Å². The molecule has 0 radical (unpaired) electrons. The van der Waals surface area contributed by atoms with Gasteiger partial charge in [0.25, 0.3) is 0 Å². The fourth-order valence-electron chi connectivity index (χ4n) is 2.02. The predicted octanol–water partition coefficient (Wildman–Crippen LogP) is 0.0438. The zero-order valence-corrected chi connectivity index (χ0v) is 10.6. The highest BCUT2D eigenvalue weighted by molar-refractivity contribution is 5.80. The van der Waals surface area contributed by atoms with Crippen molar-refractivity contribution in [2.45, 2.75) is 32.2 Å². The number of nitrogens with zero attached hydrogens (tertiary/aromatic N) is 2. The van der Waals surface area contributed by atoms with Crippen LogP contribution in [-0.4, -0.2) is 49.1 Å². The minimum Gasteiger partial charge on any atom is -0.465 e. The van der Waals surface area contributed by atoms with Gasteiger partial charge in [0.15, 0.2) is 0 Å². The maximum atomic E-state index is 11.7. The molecule has 1 heterocycles. The standard InChI is InChI=1S/C12H19N3O3/c1-2-18-12(17)10-5-3-8-15(10)9-11(16)14-7-4-6-13/h10H,2-5,7-9H2,1H3,(H,14,16). The molecule has 1 aliphatic rings. The Morgan fingerprint density at radius 3 is 3.00 bits per heavy atom. The zero-order chi connectivity index (χ0) is 13.4. The van der Waals surface area contributed by atoms with Crippen molar-refractivity contribution in [1.29, 1.82) is 5.26 Å². The molecule has 1 fully saturated rings. The van der Waals surface area contributed by atoms with Crippen molar-refractivity contribution in [3.8, 4) is 6.07 Å². The van der Waals surface area contributed by atoms with Crippen LogP contribution >= 0.6 is 0 Å². The van der Waals surface area contributed by atoms with Crippen LogP contribution in [0.2, 0.25) is 0 Å². The SMILES string of the molecule is CCOC(=O)C1CCCN1CC(=O)NCCC#N. The number of amides is 1. The third-order valence-corrected chi connectivity index (χ3v) is 2.83. The molecule has 1 aliphatic heterocycles. The predicted molar refractivity (Wildman–Crippen MR) is 64.5 cm³/mol. The monoisotopic (exact) mass is 253 g/mol. The first-order chi connectivity index (χ1) is 8.69. The molecule has 6 heteroatoms. The van der Waals surface area contributed by atoms with Crippen molar-refractivity contribution in [3.05, 3.63) is 0 Å². The zero-order valence-electron chi connectivity index (χ0n) is 10.6. The average Bonchev–Trinajstić information content (AvgIpc) is 2.78. The van der Waals surface area contributed by atoms with Gasteiger partial charge >= 0.3 is 5.97 Å². The molecule has 18 heavy (non-hydrogen) atoms. The Balaban J connectivity index is 2.38. The molecule has 0 aromatic rings. The van der Waals surface area contributed by atoms with E-state index in [1.165, 1.54) is 0 Å². The van der Waals surface area contributed by atoms with E-state index in [0.29, 0.717) is 19.6 Å². The Morgan fingerprint density at radius 2 is 2.33 bits per heavy atom. The number of esters is 1. The lowest BCUT2D eigenvalue weighted by Gasteiger charge is -2.21. The molecule has 1 rings (SSSR count). The van der Waals surface area contributed by atoms with E-state index in [1.807, 2.05) is 11.0 Å². The lowest BCUT2D eigenvalue weighted by Crippen LogP contribution is -2.43. The van der Waals surface area contributed by atoms with Crippen molar-refractivity contribution in [3.63, 3.8) is 0 Å². The van der Waals surface area contributed by atoms with Crippen LogP contribution in [0.15, 0.2) is 0 Å². The highest BCUT2D eigenvalue weighted by Crippen LogP contribution is 2.17. The van der Waals surface area contributed by atoms with Gasteiger partial charge in [-0.25, -0.2) is 0 Å². The topological polar surface area (TPSA) is 82.4 Å². The summed E-state index contributed by atoms with van der Waals surface area (Å²) >= 11 is 0. The number of hydrogen-bond acceptors (Lipinski definition) is 5. The highest BCUT2D eigenvalue weighted by Gasteiger charge is 2.32. The molecular weight excluding hydrogens is 234 g/mol. The lowest BCUT2D eigenvalue weighted by molar-refractivity contribution is -0.148. The number of nitriles is 1. The maximum Gasteiger partial charge on any atom is 0.323 e. The summed E-state index contributed by atoms with van der Waals surface area (Å²) in [5.41, 5.74) is 0. The second-order valence-electron chi connectivity index (χ2n) is 4.14. The van der Waals surface area contributed by atoms with E-state index < -0.39 is 0 Å². The molecule has 1 atom stereocenters. The second-order valence-corrected chi connectivity index (χ2v) is 4.14. The van der Waals surface area contributed by atoms with Crippen LogP contribution in [0.25, 0.3) is 0 Å². The van der Waals surface area contributed by atoms with Crippen LogP contribution in [0, 0.1) is 11.3 Å². The third kappa shape index (κ3) is 4.34. The molecule has 0 aromatic heterocycles. The Morgan fingerprint density at radius 1 is 1.56 bits per heavy atom. The van der Waals surface area contributed by atoms with Crippen molar-refractivity contribution in [1.82, 2.24) is 10.2 Å². The Kier molecular flexibility index (Phi) is 6.15. The molecule has 0 bridgehead atoms. The second kappa shape index (κ2) is 7.67. The Hall–Kier alpha value is -1.61. The molecule has 0 saturated carbocycles. The van der Waals surface area contributed by atoms with Crippen LogP contribution in [-0.2, 0) is 14.3 Å². The summed E-state index contributed by atoms with van der Waals surface area (Å²) in [4.78, 5) is 25.1. The van der Waals surface area contributed by atoms with Crippen molar-refractivity contribution in [2.75, 3.05) is 26.2 Å². The van der Waals surface area contributed by atoms with Crippen molar-refractivity contribution >= 4 is 11.9 Å². The maximum absolute atomic E-state index is 11.7. The number of carbonyl (C=O) groups is 2. The summed E-state index contributed by atoms with van der Waals surface area (Å²) in [6.07, 6.45) is 1.94. The average molecular weight is 253 g/mol. The molecule has 1 unspecified atom stereocenters. The summed E-state index contributed by atoms with van der Waals surface area (Å²) in [6, 6.07) is 1.66. The van der Waals surface area contributed by atoms with Gasteiger partial charge in [0.1, 0.15) is 6.04 Å². The molecule has 1 amide bonds. The smallest absolute Gasteiger partial charge is 0.323 e. The number of ether oxygens (including phenoxy) is 1. The highest BCUT2D eigenvalue weighted by atomic mass is 16.5.